The average Bonchev–Trinajstić information content (AvgIpc) is 3.68. The van der Waals surface area contributed by atoms with E-state index in [0.29, 0.717) is 17.6 Å². The number of aliphatic imine (C=N–C) groups is 1. The number of carbonyl (C=O) groups is 1. The summed E-state index contributed by atoms with van der Waals surface area (Å²) >= 11 is 0. The predicted molar refractivity (Wildman–Crippen MR) is 185 cm³/mol. The number of anilines is 1. The molecule has 239 valence electrons. The van der Waals surface area contributed by atoms with E-state index in [1.165, 1.54) is 59.3 Å². The SMILES string of the molecule is CCCC(Cc1cc(C=NC2CC2)c(N)c(OC)c1)c1cc2c(c(-n3ncc4c3CCCC4)n1)CCC2(C)C.NC=O.[B]=CN. The summed E-state index contributed by atoms with van der Waals surface area (Å²) in [6.07, 6.45) is 17.6. The van der Waals surface area contributed by atoms with Crippen molar-refractivity contribution < 1.29 is 9.53 Å². The van der Waals surface area contributed by atoms with Gasteiger partial charge >= 0.3 is 19.3 Å². The number of rotatable bonds is 9. The zero-order chi connectivity index (χ0) is 32.6. The predicted octanol–water partition coefficient (Wildman–Crippen LogP) is 4.64. The fourth-order valence-corrected chi connectivity index (χ4v) is 6.56. The van der Waals surface area contributed by atoms with Crippen molar-refractivity contribution in [2.24, 2.45) is 16.5 Å². The van der Waals surface area contributed by atoms with Crippen LogP contribution in [0.1, 0.15) is 111 Å². The van der Waals surface area contributed by atoms with Crippen molar-refractivity contribution in [3.8, 4) is 11.6 Å². The van der Waals surface area contributed by atoms with Gasteiger partial charge in [-0.25, -0.2) is 9.67 Å². The van der Waals surface area contributed by atoms with Gasteiger partial charge in [0.1, 0.15) is 5.75 Å². The fraction of sp³-hybridized carbons (Fsp3) is 0.514. The summed E-state index contributed by atoms with van der Waals surface area (Å²) in [5, 5.41) is 4.92. The monoisotopic (exact) mass is 610 g/mol. The molecule has 6 N–H and O–H groups in total. The Hall–Kier alpha value is -3.95. The van der Waals surface area contributed by atoms with Gasteiger partial charge in [-0.05, 0) is 105 Å². The van der Waals surface area contributed by atoms with Crippen LogP contribution in [-0.2, 0) is 35.9 Å². The molecule has 0 bridgehead atoms. The molecular formula is C35H49BN7O2. The molecule has 1 saturated carbocycles. The van der Waals surface area contributed by atoms with Gasteiger partial charge < -0.3 is 16.2 Å². The van der Waals surface area contributed by atoms with Gasteiger partial charge in [0.25, 0.3) is 0 Å². The number of ether oxygens (including phenoxy) is 1. The number of aryl methyl sites for hydroxylation is 1. The first-order chi connectivity index (χ1) is 21.7. The van der Waals surface area contributed by atoms with Crippen LogP contribution < -0.4 is 21.9 Å². The van der Waals surface area contributed by atoms with Crippen molar-refractivity contribution in [3.63, 3.8) is 0 Å². The van der Waals surface area contributed by atoms with Gasteiger partial charge in [-0.3, -0.25) is 9.79 Å². The standard InChI is InChI=1S/C33H43N5O.CH3BN.CH3NO/c1-5-8-22(15-21-16-24(19-35-25-11-12-25)31(34)30(17-21)39-4)28-18-27-26(13-14-33(27,2)3)32(37-28)38-29-10-7-6-9-23(29)20-36-38;2*2-1-3/h16-20,22,25H,5-15,34H2,1-4H3;1H,3H2;1H,(H2,2,3). The number of aromatic nitrogens is 3. The number of amides is 1. The van der Waals surface area contributed by atoms with Crippen LogP contribution in [0.15, 0.2) is 29.4 Å². The molecule has 1 unspecified atom stereocenters. The molecule has 3 aliphatic rings. The fourth-order valence-electron chi connectivity index (χ4n) is 6.56. The van der Waals surface area contributed by atoms with E-state index in [1.54, 1.807) is 7.11 Å². The van der Waals surface area contributed by atoms with E-state index in [4.69, 9.17) is 30.3 Å². The Labute approximate surface area is 269 Å². The first kappa shape index (κ1) is 33.9. The second kappa shape index (κ2) is 15.4. The topological polar surface area (TPSA) is 147 Å². The van der Waals surface area contributed by atoms with Crippen molar-refractivity contribution in [2.75, 3.05) is 12.8 Å². The third-order valence-corrected chi connectivity index (χ3v) is 9.08. The molecule has 3 aliphatic carbocycles. The second-order valence-electron chi connectivity index (χ2n) is 12.8. The molecule has 2 aromatic heterocycles. The zero-order valence-electron chi connectivity index (χ0n) is 27.4. The summed E-state index contributed by atoms with van der Waals surface area (Å²) in [6, 6.07) is 7.19. The number of nitrogens with zero attached hydrogens (tertiary/aromatic N) is 4. The summed E-state index contributed by atoms with van der Waals surface area (Å²) in [5.41, 5.74) is 24.9. The molecule has 1 amide bonds. The Morgan fingerprint density at radius 1 is 1.18 bits per heavy atom. The number of carbonyl (C=O) groups excluding carboxylic acids is 1. The molecule has 3 aromatic rings. The number of fused-ring (bicyclic) bond motifs is 2. The van der Waals surface area contributed by atoms with E-state index in [1.807, 2.05) is 6.21 Å². The molecule has 9 nitrogen and oxygen atoms in total. The van der Waals surface area contributed by atoms with Crippen LogP contribution in [0, 0.1) is 0 Å². The molecule has 1 aromatic carbocycles. The summed E-state index contributed by atoms with van der Waals surface area (Å²) in [5.74, 6) is 2.10. The van der Waals surface area contributed by atoms with E-state index in [0.717, 1.165) is 68.2 Å². The quantitative estimate of drug-likeness (QED) is 0.139. The Kier molecular flexibility index (Phi) is 11.6. The van der Waals surface area contributed by atoms with Crippen molar-refractivity contribution in [1.29, 1.82) is 0 Å². The second-order valence-corrected chi connectivity index (χ2v) is 12.8. The van der Waals surface area contributed by atoms with Crippen LogP contribution >= 0.6 is 0 Å². The van der Waals surface area contributed by atoms with E-state index in [2.05, 4.69) is 68.8 Å². The molecule has 1 atom stereocenters. The molecule has 0 saturated heterocycles. The minimum atomic E-state index is 0.141. The number of nitrogens with two attached hydrogens (primary N) is 3. The normalized spacial score (nSPS) is 16.8. The molecule has 0 spiro atoms. The van der Waals surface area contributed by atoms with Crippen LogP contribution in [0.4, 0.5) is 5.69 Å². The van der Waals surface area contributed by atoms with E-state index in [-0.39, 0.29) is 11.8 Å². The van der Waals surface area contributed by atoms with Gasteiger partial charge in [-0.1, -0.05) is 27.2 Å². The average molecular weight is 611 g/mol. The third-order valence-electron chi connectivity index (χ3n) is 9.08. The van der Waals surface area contributed by atoms with Crippen LogP contribution in [0.25, 0.3) is 5.82 Å². The zero-order valence-corrected chi connectivity index (χ0v) is 27.4. The Bertz CT molecular complexity index is 1500. The summed E-state index contributed by atoms with van der Waals surface area (Å²) in [7, 11) is 6.20. The summed E-state index contributed by atoms with van der Waals surface area (Å²) < 4.78 is 7.89. The first-order valence-electron chi connectivity index (χ1n) is 16.2. The summed E-state index contributed by atoms with van der Waals surface area (Å²) in [6.45, 7) is 7.04. The number of nitrogen functional groups attached to an aromatic ring is 1. The van der Waals surface area contributed by atoms with E-state index >= 15 is 0 Å². The number of methoxy groups -OCH3 is 1. The van der Waals surface area contributed by atoms with Crippen LogP contribution in [0.3, 0.4) is 0 Å². The first-order valence-corrected chi connectivity index (χ1v) is 16.2. The van der Waals surface area contributed by atoms with Crippen LogP contribution in [0.5, 0.6) is 5.75 Å². The molecule has 1 radical (unpaired) electrons. The molecular weight excluding hydrogens is 561 g/mol. The van der Waals surface area contributed by atoms with Gasteiger partial charge in [0.2, 0.25) is 6.41 Å². The van der Waals surface area contributed by atoms with Gasteiger partial charge in [0.05, 0.1) is 25.0 Å². The maximum atomic E-state index is 8.58. The number of pyridine rings is 1. The van der Waals surface area contributed by atoms with Crippen molar-refractivity contribution >= 4 is 31.9 Å². The Balaban J connectivity index is 0.000000713. The number of benzene rings is 1. The molecule has 2 heterocycles. The van der Waals surface area contributed by atoms with Gasteiger partial charge in [-0.15, -0.1) is 0 Å². The van der Waals surface area contributed by atoms with Gasteiger partial charge in [0, 0.05) is 34.6 Å². The minimum absolute atomic E-state index is 0.141. The number of hydrogen-bond acceptors (Lipinski definition) is 7. The number of primary amides is 1. The van der Waals surface area contributed by atoms with Crippen LogP contribution in [-0.4, -0.2) is 54.1 Å². The Morgan fingerprint density at radius 3 is 2.56 bits per heavy atom. The molecule has 0 aliphatic heterocycles. The van der Waals surface area contributed by atoms with Crippen molar-refractivity contribution in [2.45, 2.75) is 109 Å². The van der Waals surface area contributed by atoms with Crippen molar-refractivity contribution in [1.82, 2.24) is 14.8 Å². The maximum absolute atomic E-state index is 8.58. The van der Waals surface area contributed by atoms with E-state index in [9.17, 15) is 0 Å². The molecule has 10 heteroatoms. The Morgan fingerprint density at radius 2 is 1.89 bits per heavy atom. The van der Waals surface area contributed by atoms with Gasteiger partial charge in [0.15, 0.2) is 5.82 Å². The number of hydrogen-bond donors (Lipinski definition) is 3. The third kappa shape index (κ3) is 8.02. The van der Waals surface area contributed by atoms with E-state index < -0.39 is 0 Å². The molecule has 6 rings (SSSR count). The molecule has 45 heavy (non-hydrogen) atoms. The summed E-state index contributed by atoms with van der Waals surface area (Å²) in [4.78, 5) is 18.7. The van der Waals surface area contributed by atoms with Gasteiger partial charge in [-0.2, -0.15) is 5.10 Å². The molecule has 1 fully saturated rings. The van der Waals surface area contributed by atoms with Crippen molar-refractivity contribution in [3.05, 3.63) is 63.6 Å². The van der Waals surface area contributed by atoms with Crippen LogP contribution in [0.2, 0.25) is 0 Å².